The Balaban J connectivity index is 2.21. The second-order valence-electron chi connectivity index (χ2n) is 4.02. The number of anilines is 1. The Morgan fingerprint density at radius 1 is 0.950 bits per heavy atom. The van der Waals surface area contributed by atoms with Gasteiger partial charge in [0.15, 0.2) is 0 Å². The number of ether oxygens (including phenoxy) is 4. The molecule has 0 atom stereocenters. The molecule has 20 heavy (non-hydrogen) atoms. The summed E-state index contributed by atoms with van der Waals surface area (Å²) in [6.07, 6.45) is 1.94. The quantitative estimate of drug-likeness (QED) is 0.615. The third-order valence-corrected chi connectivity index (χ3v) is 2.53. The van der Waals surface area contributed by atoms with E-state index in [0.29, 0.717) is 30.9 Å². The number of aromatic nitrogens is 2. The molecule has 1 aromatic rings. The van der Waals surface area contributed by atoms with Gasteiger partial charge in [-0.15, -0.1) is 0 Å². The molecule has 0 saturated carbocycles. The molecule has 1 rings (SSSR count). The van der Waals surface area contributed by atoms with Crippen molar-refractivity contribution in [2.45, 2.75) is 12.8 Å². The fourth-order valence-electron chi connectivity index (χ4n) is 1.47. The second-order valence-corrected chi connectivity index (χ2v) is 4.02. The highest BCUT2D eigenvalue weighted by Crippen LogP contribution is 2.17. The van der Waals surface area contributed by atoms with Crippen LogP contribution in [0.5, 0.6) is 11.8 Å². The van der Waals surface area contributed by atoms with E-state index in [9.17, 15) is 0 Å². The third-order valence-electron chi connectivity index (χ3n) is 2.53. The number of rotatable bonds is 11. The van der Waals surface area contributed by atoms with Crippen LogP contribution in [-0.4, -0.2) is 57.7 Å². The molecule has 0 spiro atoms. The van der Waals surface area contributed by atoms with Crippen molar-refractivity contribution in [1.29, 1.82) is 0 Å². The van der Waals surface area contributed by atoms with Crippen molar-refractivity contribution >= 4 is 5.95 Å². The molecule has 1 aromatic heterocycles. The van der Waals surface area contributed by atoms with E-state index in [0.717, 1.165) is 26.0 Å². The minimum Gasteiger partial charge on any atom is -0.481 e. The topological polar surface area (TPSA) is 74.7 Å². The van der Waals surface area contributed by atoms with E-state index in [-0.39, 0.29) is 0 Å². The molecular weight excluding hydrogens is 262 g/mol. The summed E-state index contributed by atoms with van der Waals surface area (Å²) in [4.78, 5) is 8.37. The summed E-state index contributed by atoms with van der Waals surface area (Å²) in [5.41, 5.74) is 0. The maximum absolute atomic E-state index is 5.38. The van der Waals surface area contributed by atoms with Crippen LogP contribution < -0.4 is 14.8 Å². The second kappa shape index (κ2) is 10.2. The summed E-state index contributed by atoms with van der Waals surface area (Å²) in [6, 6.07) is 1.63. The van der Waals surface area contributed by atoms with Crippen LogP contribution >= 0.6 is 0 Å². The number of hydrogen-bond donors (Lipinski definition) is 1. The Bertz CT molecular complexity index is 354. The zero-order chi connectivity index (χ0) is 14.6. The third kappa shape index (κ3) is 6.53. The number of hydrogen-bond acceptors (Lipinski definition) is 7. The van der Waals surface area contributed by atoms with Crippen molar-refractivity contribution in [3.05, 3.63) is 6.07 Å². The molecule has 0 fully saturated rings. The molecule has 7 heteroatoms. The van der Waals surface area contributed by atoms with Gasteiger partial charge < -0.3 is 24.3 Å². The lowest BCUT2D eigenvalue weighted by Crippen LogP contribution is -2.08. The fraction of sp³-hybridized carbons (Fsp3) is 0.692. The number of nitrogens with one attached hydrogen (secondary N) is 1. The molecule has 0 aliphatic heterocycles. The first-order valence-corrected chi connectivity index (χ1v) is 6.57. The van der Waals surface area contributed by atoms with Gasteiger partial charge in [0.2, 0.25) is 17.7 Å². The van der Waals surface area contributed by atoms with Gasteiger partial charge in [0, 0.05) is 20.3 Å². The van der Waals surface area contributed by atoms with E-state index < -0.39 is 0 Å². The first kappa shape index (κ1) is 16.5. The van der Waals surface area contributed by atoms with Crippen LogP contribution in [0, 0.1) is 0 Å². The first-order valence-electron chi connectivity index (χ1n) is 6.57. The van der Waals surface area contributed by atoms with Gasteiger partial charge in [-0.2, -0.15) is 9.97 Å². The van der Waals surface area contributed by atoms with Crippen LogP contribution in [-0.2, 0) is 9.47 Å². The average molecular weight is 285 g/mol. The predicted octanol–water partition coefficient (Wildman–Crippen LogP) is 1.35. The van der Waals surface area contributed by atoms with Crippen LogP contribution in [0.2, 0.25) is 0 Å². The zero-order valence-corrected chi connectivity index (χ0v) is 12.3. The summed E-state index contributed by atoms with van der Waals surface area (Å²) in [6.45, 7) is 2.77. The van der Waals surface area contributed by atoms with Gasteiger partial charge >= 0.3 is 0 Å². The van der Waals surface area contributed by atoms with Crippen molar-refractivity contribution < 1.29 is 18.9 Å². The minimum absolute atomic E-state index is 0.474. The molecular formula is C13H23N3O4. The van der Waals surface area contributed by atoms with E-state index in [4.69, 9.17) is 18.9 Å². The lowest BCUT2D eigenvalue weighted by molar-refractivity contribution is 0.0691. The van der Waals surface area contributed by atoms with Gasteiger partial charge in [-0.05, 0) is 12.8 Å². The van der Waals surface area contributed by atoms with E-state index in [2.05, 4.69) is 15.3 Å². The predicted molar refractivity (Wildman–Crippen MR) is 75.6 cm³/mol. The summed E-state index contributed by atoms with van der Waals surface area (Å²) in [5, 5.41) is 3.13. The highest BCUT2D eigenvalue weighted by atomic mass is 16.5. The molecule has 1 heterocycles. The van der Waals surface area contributed by atoms with Crippen LogP contribution in [0.1, 0.15) is 12.8 Å². The van der Waals surface area contributed by atoms with Crippen molar-refractivity contribution in [3.8, 4) is 11.8 Å². The molecule has 0 aliphatic carbocycles. The summed E-state index contributed by atoms with van der Waals surface area (Å²) in [5.74, 6) is 1.45. The molecule has 1 N–H and O–H groups in total. The summed E-state index contributed by atoms with van der Waals surface area (Å²) >= 11 is 0. The molecule has 0 radical (unpaired) electrons. The summed E-state index contributed by atoms with van der Waals surface area (Å²) in [7, 11) is 4.78. The Morgan fingerprint density at radius 3 is 2.25 bits per heavy atom. The highest BCUT2D eigenvalue weighted by Gasteiger charge is 2.04. The number of unbranched alkanes of at least 4 members (excludes halogenated alkanes) is 1. The van der Waals surface area contributed by atoms with Crippen molar-refractivity contribution in [2.75, 3.05) is 53.0 Å². The first-order chi connectivity index (χ1) is 9.80. The number of methoxy groups -OCH3 is 3. The van der Waals surface area contributed by atoms with E-state index in [1.54, 1.807) is 27.4 Å². The zero-order valence-electron chi connectivity index (χ0n) is 12.3. The average Bonchev–Trinajstić information content (AvgIpc) is 2.49. The largest absolute Gasteiger partial charge is 0.481 e. The smallest absolute Gasteiger partial charge is 0.229 e. The standard InChI is InChI=1S/C13H23N3O4/c1-17-8-9-20-7-5-4-6-14-13-15-11(18-2)10-12(16-13)19-3/h10H,4-9H2,1-3H3,(H,14,15,16). The van der Waals surface area contributed by atoms with Crippen LogP contribution in [0.3, 0.4) is 0 Å². The Labute approximate surface area is 119 Å². The SMILES string of the molecule is COCCOCCCCNc1nc(OC)cc(OC)n1. The molecule has 0 bridgehead atoms. The molecule has 0 aliphatic rings. The molecule has 7 nitrogen and oxygen atoms in total. The monoisotopic (exact) mass is 285 g/mol. The Morgan fingerprint density at radius 2 is 1.65 bits per heavy atom. The van der Waals surface area contributed by atoms with Gasteiger partial charge in [-0.25, -0.2) is 0 Å². The fourth-order valence-corrected chi connectivity index (χ4v) is 1.47. The van der Waals surface area contributed by atoms with Crippen LogP contribution in [0.25, 0.3) is 0 Å². The summed E-state index contributed by atoms with van der Waals surface area (Å²) < 4.78 is 20.4. The maximum Gasteiger partial charge on any atom is 0.229 e. The van der Waals surface area contributed by atoms with Gasteiger partial charge in [0.1, 0.15) is 0 Å². The van der Waals surface area contributed by atoms with E-state index >= 15 is 0 Å². The lowest BCUT2D eigenvalue weighted by atomic mass is 10.3. The van der Waals surface area contributed by atoms with Gasteiger partial charge in [0.05, 0.1) is 33.5 Å². The molecule has 0 amide bonds. The van der Waals surface area contributed by atoms with Crippen molar-refractivity contribution in [3.63, 3.8) is 0 Å². The van der Waals surface area contributed by atoms with Gasteiger partial charge in [0.25, 0.3) is 0 Å². The molecule has 0 aromatic carbocycles. The van der Waals surface area contributed by atoms with Crippen LogP contribution in [0.4, 0.5) is 5.95 Å². The number of nitrogens with zero attached hydrogens (tertiary/aromatic N) is 2. The van der Waals surface area contributed by atoms with Gasteiger partial charge in [-0.1, -0.05) is 0 Å². The maximum atomic E-state index is 5.38. The molecule has 0 unspecified atom stereocenters. The Hall–Kier alpha value is -1.60. The van der Waals surface area contributed by atoms with Crippen molar-refractivity contribution in [2.24, 2.45) is 0 Å². The van der Waals surface area contributed by atoms with Gasteiger partial charge in [-0.3, -0.25) is 0 Å². The normalized spacial score (nSPS) is 10.3. The van der Waals surface area contributed by atoms with Crippen molar-refractivity contribution in [1.82, 2.24) is 9.97 Å². The minimum atomic E-state index is 0.474. The molecule has 114 valence electrons. The lowest BCUT2D eigenvalue weighted by Gasteiger charge is -2.08. The molecule has 0 saturated heterocycles. The highest BCUT2D eigenvalue weighted by molar-refractivity contribution is 5.33. The van der Waals surface area contributed by atoms with E-state index in [1.807, 2.05) is 0 Å². The Kier molecular flexibility index (Phi) is 8.41. The van der Waals surface area contributed by atoms with E-state index in [1.165, 1.54) is 0 Å². The van der Waals surface area contributed by atoms with Crippen LogP contribution in [0.15, 0.2) is 6.07 Å².